The van der Waals surface area contributed by atoms with E-state index in [2.05, 4.69) is 20.4 Å². The third kappa shape index (κ3) is 9.68. The second kappa shape index (κ2) is 14.3. The van der Waals surface area contributed by atoms with Gasteiger partial charge in [0.15, 0.2) is 0 Å². The first-order valence-electron chi connectivity index (χ1n) is 11.7. The van der Waals surface area contributed by atoms with Crippen molar-refractivity contribution in [3.63, 3.8) is 0 Å². The maximum Gasteiger partial charge on any atom is 0.469 e. The largest absolute Gasteiger partial charge is 0.469 e. The average Bonchev–Trinajstić information content (AvgIpc) is 3.36. The predicted octanol–water partition coefficient (Wildman–Crippen LogP) is 3.46. The number of aliphatic hydroxyl groups excluding tert-OH is 1. The number of hydrogen-bond donors (Lipinski definition) is 5. The van der Waals surface area contributed by atoms with Crippen molar-refractivity contribution in [2.75, 3.05) is 18.5 Å². The first-order valence-corrected chi connectivity index (χ1v) is 13.6. The van der Waals surface area contributed by atoms with E-state index in [-0.39, 0.29) is 23.9 Å². The molecule has 13 nitrogen and oxygen atoms in total. The zero-order chi connectivity index (χ0) is 29.3. The molecule has 3 rings (SSSR count). The quantitative estimate of drug-likeness (QED) is 0.143. The molecule has 0 bridgehead atoms. The molecule has 0 aliphatic heterocycles. The number of nitrogens with one attached hydrogen (secondary N) is 2. The number of ether oxygens (including phenoxy) is 1. The summed E-state index contributed by atoms with van der Waals surface area (Å²) in [7, 11) is -4.88. The summed E-state index contributed by atoms with van der Waals surface area (Å²) in [6, 6.07) is 13.6. The van der Waals surface area contributed by atoms with E-state index in [0.29, 0.717) is 11.3 Å². The van der Waals surface area contributed by atoms with Crippen molar-refractivity contribution >= 4 is 37.3 Å². The van der Waals surface area contributed by atoms with Gasteiger partial charge in [0.1, 0.15) is 18.1 Å². The number of hydrogen-bond acceptors (Lipinski definition) is 9. The molecule has 1 aromatic heterocycles. The van der Waals surface area contributed by atoms with Gasteiger partial charge in [-0.3, -0.25) is 19.6 Å². The second-order valence-electron chi connectivity index (χ2n) is 8.43. The van der Waals surface area contributed by atoms with Gasteiger partial charge < -0.3 is 24.2 Å². The SMILES string of the molecule is CC(=O)N(NCc1cccc(F)c1Cl)C(COC(=O)Nc1cc(-c2ccccc2)no1)CC(O)COP(=O)(O)O. The van der Waals surface area contributed by atoms with Gasteiger partial charge in [0, 0.05) is 31.5 Å². The van der Waals surface area contributed by atoms with Crippen LogP contribution in [0.25, 0.3) is 11.3 Å². The number of amides is 2. The van der Waals surface area contributed by atoms with E-state index in [1.165, 1.54) is 31.2 Å². The fourth-order valence-corrected chi connectivity index (χ4v) is 4.11. The van der Waals surface area contributed by atoms with E-state index < -0.39 is 51.0 Å². The number of benzene rings is 2. The van der Waals surface area contributed by atoms with Crippen molar-refractivity contribution in [2.24, 2.45) is 0 Å². The maximum atomic E-state index is 13.8. The van der Waals surface area contributed by atoms with Gasteiger partial charge in [-0.05, 0) is 11.6 Å². The number of phosphoric ester groups is 1. The van der Waals surface area contributed by atoms with Crippen LogP contribution in [0.1, 0.15) is 18.9 Å². The second-order valence-corrected chi connectivity index (χ2v) is 10.0. The standard InChI is InChI=1S/C24H27ClFN4O9P/c1-15(31)30(27-12-17-8-5-9-20(26)23(17)25)18(10-19(32)14-38-40(34,35)36)13-37-24(33)28-22-11-21(29-39-22)16-6-3-2-4-7-16/h2-9,11,18-19,27,32H,10,12-14H2,1H3,(H,28,33)(H2,34,35,36). The predicted molar refractivity (Wildman–Crippen MR) is 140 cm³/mol. The Morgan fingerprint density at radius 3 is 2.58 bits per heavy atom. The minimum atomic E-state index is -4.88. The van der Waals surface area contributed by atoms with Crippen molar-refractivity contribution in [3.05, 3.63) is 71.0 Å². The molecule has 1 heterocycles. The lowest BCUT2D eigenvalue weighted by molar-refractivity contribution is -0.137. The van der Waals surface area contributed by atoms with Crippen LogP contribution in [-0.4, -0.2) is 62.4 Å². The molecule has 5 N–H and O–H groups in total. The monoisotopic (exact) mass is 600 g/mol. The first-order chi connectivity index (χ1) is 18.9. The number of carbonyl (C=O) groups excluding carboxylic acids is 2. The minimum Gasteiger partial charge on any atom is -0.447 e. The highest BCUT2D eigenvalue weighted by Crippen LogP contribution is 2.36. The number of rotatable bonds is 13. The number of hydrazine groups is 1. The van der Waals surface area contributed by atoms with Gasteiger partial charge in [-0.25, -0.2) is 19.2 Å². The van der Waals surface area contributed by atoms with Crippen molar-refractivity contribution in [1.29, 1.82) is 0 Å². The molecule has 2 aromatic carbocycles. The highest BCUT2D eigenvalue weighted by Gasteiger charge is 2.28. The lowest BCUT2D eigenvalue weighted by atomic mass is 10.1. The number of anilines is 1. The topological polar surface area (TPSA) is 184 Å². The Balaban J connectivity index is 1.69. The minimum absolute atomic E-state index is 0.0159. The molecule has 0 saturated heterocycles. The molecule has 216 valence electrons. The van der Waals surface area contributed by atoms with Crippen molar-refractivity contribution in [2.45, 2.75) is 32.0 Å². The highest BCUT2D eigenvalue weighted by molar-refractivity contribution is 7.46. The number of halogens is 2. The average molecular weight is 601 g/mol. The molecule has 0 radical (unpaired) electrons. The molecular formula is C24H27ClFN4O9P. The summed E-state index contributed by atoms with van der Waals surface area (Å²) in [6.45, 7) is -0.184. The fourth-order valence-electron chi connectivity index (χ4n) is 3.55. The molecule has 0 fully saturated rings. The van der Waals surface area contributed by atoms with Crippen LogP contribution in [-0.2, 0) is 25.2 Å². The van der Waals surface area contributed by atoms with Gasteiger partial charge in [-0.15, -0.1) is 0 Å². The number of phosphoric acid groups is 1. The first kappa shape index (κ1) is 31.2. The molecule has 0 spiro atoms. The lowest BCUT2D eigenvalue weighted by Crippen LogP contribution is -2.52. The van der Waals surface area contributed by atoms with Gasteiger partial charge in [-0.1, -0.05) is 59.2 Å². The Labute approximate surface area is 233 Å². The third-order valence-electron chi connectivity index (χ3n) is 5.37. The molecule has 2 amide bonds. The Hall–Kier alpha value is -3.36. The van der Waals surface area contributed by atoms with Crippen LogP contribution < -0.4 is 10.7 Å². The summed E-state index contributed by atoms with van der Waals surface area (Å²) in [6.07, 6.45) is -2.79. The van der Waals surface area contributed by atoms with E-state index in [9.17, 15) is 23.7 Å². The summed E-state index contributed by atoms with van der Waals surface area (Å²) >= 11 is 5.98. The van der Waals surface area contributed by atoms with Gasteiger partial charge >= 0.3 is 13.9 Å². The molecule has 3 aromatic rings. The molecule has 0 saturated carbocycles. The molecule has 2 unspecified atom stereocenters. The number of aliphatic hydroxyl groups is 1. The summed E-state index contributed by atoms with van der Waals surface area (Å²) in [5.41, 5.74) is 4.29. The van der Waals surface area contributed by atoms with Crippen molar-refractivity contribution in [1.82, 2.24) is 15.6 Å². The van der Waals surface area contributed by atoms with Crippen LogP contribution in [0.15, 0.2) is 59.1 Å². The molecule has 40 heavy (non-hydrogen) atoms. The number of carbonyl (C=O) groups is 2. The van der Waals surface area contributed by atoms with Crippen LogP contribution >= 0.6 is 19.4 Å². The van der Waals surface area contributed by atoms with E-state index in [4.69, 9.17) is 30.6 Å². The molecule has 0 aliphatic rings. The molecular weight excluding hydrogens is 574 g/mol. The summed E-state index contributed by atoms with van der Waals surface area (Å²) in [5, 5.41) is 17.4. The van der Waals surface area contributed by atoms with E-state index >= 15 is 0 Å². The van der Waals surface area contributed by atoms with Gasteiger partial charge in [0.05, 0.1) is 23.8 Å². The zero-order valence-corrected chi connectivity index (χ0v) is 22.7. The zero-order valence-electron chi connectivity index (χ0n) is 21.1. The van der Waals surface area contributed by atoms with E-state index in [1.54, 1.807) is 12.1 Å². The Kier molecular flexibility index (Phi) is 11.2. The van der Waals surface area contributed by atoms with Crippen molar-refractivity contribution in [3.8, 4) is 11.3 Å². The van der Waals surface area contributed by atoms with Crippen LogP contribution in [0.2, 0.25) is 5.02 Å². The lowest BCUT2D eigenvalue weighted by Gasteiger charge is -2.32. The smallest absolute Gasteiger partial charge is 0.447 e. The molecule has 0 aliphatic carbocycles. The van der Waals surface area contributed by atoms with Crippen LogP contribution in [0.4, 0.5) is 15.1 Å². The van der Waals surface area contributed by atoms with Crippen molar-refractivity contribution < 1.29 is 47.2 Å². The number of nitrogens with zero attached hydrogens (tertiary/aromatic N) is 2. The van der Waals surface area contributed by atoms with E-state index in [1.807, 2.05) is 18.2 Å². The summed E-state index contributed by atoms with van der Waals surface area (Å²) < 4.78 is 39.5. The van der Waals surface area contributed by atoms with Gasteiger partial charge in [0.25, 0.3) is 0 Å². The van der Waals surface area contributed by atoms with Crippen LogP contribution in [0, 0.1) is 5.82 Å². The summed E-state index contributed by atoms with van der Waals surface area (Å²) in [4.78, 5) is 42.8. The van der Waals surface area contributed by atoms with Gasteiger partial charge in [0.2, 0.25) is 11.8 Å². The fraction of sp³-hybridized carbons (Fsp3) is 0.292. The van der Waals surface area contributed by atoms with E-state index in [0.717, 1.165) is 10.6 Å². The highest BCUT2D eigenvalue weighted by atomic mass is 35.5. The molecule has 16 heteroatoms. The van der Waals surface area contributed by atoms with Crippen LogP contribution in [0.3, 0.4) is 0 Å². The van der Waals surface area contributed by atoms with Gasteiger partial charge in [-0.2, -0.15) is 0 Å². The number of aromatic nitrogens is 1. The Morgan fingerprint density at radius 1 is 1.18 bits per heavy atom. The maximum absolute atomic E-state index is 13.8. The molecule has 2 atom stereocenters. The summed E-state index contributed by atoms with van der Waals surface area (Å²) in [5.74, 6) is -1.26. The Bertz CT molecular complexity index is 1340. The third-order valence-corrected chi connectivity index (χ3v) is 6.28. The Morgan fingerprint density at radius 2 is 1.90 bits per heavy atom. The normalized spacial score (nSPS) is 12.9. The van der Waals surface area contributed by atoms with Crippen LogP contribution in [0.5, 0.6) is 0 Å².